The average molecular weight is 502 g/mol. The fourth-order valence-corrected chi connectivity index (χ4v) is 3.91. The molecule has 4 rings (SSSR count). The van der Waals surface area contributed by atoms with Crippen LogP contribution in [-0.4, -0.2) is 55.1 Å². The van der Waals surface area contributed by atoms with Crippen molar-refractivity contribution >= 4 is 5.91 Å². The molecule has 0 aliphatic carbocycles. The molecule has 8 nitrogen and oxygen atoms in total. The molecule has 37 heavy (non-hydrogen) atoms. The summed E-state index contributed by atoms with van der Waals surface area (Å²) in [6, 6.07) is 24.2. The second-order valence-corrected chi connectivity index (χ2v) is 8.35. The molecule has 3 aromatic carbocycles. The predicted octanol–water partition coefficient (Wildman–Crippen LogP) is 5.28. The highest BCUT2D eigenvalue weighted by atomic mass is 16.5. The van der Waals surface area contributed by atoms with E-state index in [9.17, 15) is 4.79 Å². The van der Waals surface area contributed by atoms with Crippen molar-refractivity contribution in [2.75, 3.05) is 34.5 Å². The van der Waals surface area contributed by atoms with Gasteiger partial charge in [0.05, 0.1) is 44.3 Å². The molecule has 0 bridgehead atoms. The van der Waals surface area contributed by atoms with Crippen LogP contribution in [0.15, 0.2) is 78.9 Å². The van der Waals surface area contributed by atoms with E-state index in [1.165, 1.54) is 0 Å². The number of carbonyl (C=O) groups excluding carboxylic acids is 1. The van der Waals surface area contributed by atoms with Crippen molar-refractivity contribution in [1.82, 2.24) is 14.7 Å². The molecule has 4 aromatic rings. The zero-order valence-corrected chi connectivity index (χ0v) is 21.5. The summed E-state index contributed by atoms with van der Waals surface area (Å²) >= 11 is 0. The Morgan fingerprint density at radius 2 is 1.57 bits per heavy atom. The van der Waals surface area contributed by atoms with Crippen molar-refractivity contribution in [3.05, 3.63) is 95.7 Å². The van der Waals surface area contributed by atoms with E-state index in [0.29, 0.717) is 36.1 Å². The van der Waals surface area contributed by atoms with Crippen LogP contribution < -0.4 is 14.2 Å². The lowest BCUT2D eigenvalue weighted by molar-refractivity contribution is 0.0678. The summed E-state index contributed by atoms with van der Waals surface area (Å²) in [5, 5.41) is 4.78. The first kappa shape index (κ1) is 25.8. The van der Waals surface area contributed by atoms with Crippen LogP contribution in [-0.2, 0) is 11.3 Å². The lowest BCUT2D eigenvalue weighted by Gasteiger charge is -2.23. The van der Waals surface area contributed by atoms with Crippen LogP contribution in [0.25, 0.3) is 5.69 Å². The first-order valence-electron chi connectivity index (χ1n) is 11.9. The van der Waals surface area contributed by atoms with Crippen LogP contribution in [0.4, 0.5) is 0 Å². The molecule has 0 aliphatic rings. The van der Waals surface area contributed by atoms with Crippen molar-refractivity contribution in [3.63, 3.8) is 0 Å². The van der Waals surface area contributed by atoms with E-state index in [1.807, 2.05) is 67.6 Å². The lowest BCUT2D eigenvalue weighted by Crippen LogP contribution is -2.33. The van der Waals surface area contributed by atoms with Crippen LogP contribution in [0, 0.1) is 6.92 Å². The molecular formula is C29H31N3O5. The number of rotatable bonds is 11. The Morgan fingerprint density at radius 1 is 0.865 bits per heavy atom. The van der Waals surface area contributed by atoms with Crippen LogP contribution in [0.1, 0.15) is 21.6 Å². The molecule has 1 aromatic heterocycles. The van der Waals surface area contributed by atoms with Crippen molar-refractivity contribution in [2.24, 2.45) is 0 Å². The minimum atomic E-state index is -0.141. The first-order valence-corrected chi connectivity index (χ1v) is 11.9. The van der Waals surface area contributed by atoms with Crippen LogP contribution >= 0.6 is 0 Å². The van der Waals surface area contributed by atoms with Gasteiger partial charge >= 0.3 is 0 Å². The topological polar surface area (TPSA) is 75.0 Å². The number of nitrogens with zero attached hydrogens (tertiary/aromatic N) is 3. The number of carbonyl (C=O) groups is 1. The zero-order valence-electron chi connectivity index (χ0n) is 21.5. The number of hydrogen-bond acceptors (Lipinski definition) is 6. The molecule has 0 fully saturated rings. The Balaban J connectivity index is 1.74. The van der Waals surface area contributed by atoms with Crippen molar-refractivity contribution < 1.29 is 23.7 Å². The van der Waals surface area contributed by atoms with Gasteiger partial charge in [-0.3, -0.25) is 4.79 Å². The summed E-state index contributed by atoms with van der Waals surface area (Å²) in [6.45, 7) is 2.98. The molecule has 0 N–H and O–H groups in total. The predicted molar refractivity (Wildman–Crippen MR) is 141 cm³/mol. The Hall–Kier alpha value is -4.30. The third-order valence-corrected chi connectivity index (χ3v) is 5.93. The van der Waals surface area contributed by atoms with Gasteiger partial charge in [0, 0.05) is 19.2 Å². The number of aryl methyl sites for hydroxylation is 1. The number of para-hydroxylation sites is 1. The molecule has 0 radical (unpaired) electrons. The summed E-state index contributed by atoms with van der Waals surface area (Å²) in [4.78, 5) is 15.3. The number of ether oxygens (including phenoxy) is 4. The quantitative estimate of drug-likeness (QED) is 0.278. The molecular weight excluding hydrogens is 470 g/mol. The smallest absolute Gasteiger partial charge is 0.254 e. The largest absolute Gasteiger partial charge is 0.497 e. The third-order valence-electron chi connectivity index (χ3n) is 5.93. The van der Waals surface area contributed by atoms with Gasteiger partial charge in [0.1, 0.15) is 17.2 Å². The molecule has 0 unspecified atom stereocenters. The van der Waals surface area contributed by atoms with Crippen molar-refractivity contribution in [2.45, 2.75) is 13.5 Å². The van der Waals surface area contributed by atoms with Crippen molar-refractivity contribution in [3.8, 4) is 28.8 Å². The Bertz CT molecular complexity index is 1320. The average Bonchev–Trinajstić information content (AvgIpc) is 3.25. The molecule has 1 heterocycles. The summed E-state index contributed by atoms with van der Waals surface area (Å²) in [7, 11) is 4.82. The summed E-state index contributed by atoms with van der Waals surface area (Å²) in [6.07, 6.45) is 0. The van der Waals surface area contributed by atoms with Gasteiger partial charge < -0.3 is 23.8 Å². The molecule has 0 spiro atoms. The fourth-order valence-electron chi connectivity index (χ4n) is 3.91. The highest BCUT2D eigenvalue weighted by Crippen LogP contribution is 2.32. The second kappa shape index (κ2) is 12.1. The molecule has 8 heteroatoms. The molecule has 0 atom stereocenters. The number of methoxy groups -OCH3 is 3. The van der Waals surface area contributed by atoms with Gasteiger partial charge in [-0.05, 0) is 61.5 Å². The number of amides is 1. The highest BCUT2D eigenvalue weighted by Gasteiger charge is 2.24. The van der Waals surface area contributed by atoms with E-state index in [1.54, 1.807) is 49.1 Å². The van der Waals surface area contributed by atoms with E-state index < -0.39 is 0 Å². The first-order chi connectivity index (χ1) is 18.0. The molecule has 192 valence electrons. The fraction of sp³-hybridized carbons (Fsp3) is 0.241. The molecule has 0 aliphatic heterocycles. The van der Waals surface area contributed by atoms with Gasteiger partial charge in [0.15, 0.2) is 0 Å². The van der Waals surface area contributed by atoms with Gasteiger partial charge in [0.25, 0.3) is 5.91 Å². The van der Waals surface area contributed by atoms with E-state index in [0.717, 1.165) is 22.7 Å². The summed E-state index contributed by atoms with van der Waals surface area (Å²) in [5.74, 6) is 2.37. The molecule has 0 saturated carbocycles. The summed E-state index contributed by atoms with van der Waals surface area (Å²) < 4.78 is 24.1. The van der Waals surface area contributed by atoms with Gasteiger partial charge in [-0.25, -0.2) is 4.68 Å². The monoisotopic (exact) mass is 501 g/mol. The number of benzene rings is 3. The van der Waals surface area contributed by atoms with E-state index >= 15 is 0 Å². The van der Waals surface area contributed by atoms with Crippen molar-refractivity contribution in [1.29, 1.82) is 0 Å². The minimum absolute atomic E-state index is 0.141. The van der Waals surface area contributed by atoms with Gasteiger partial charge in [-0.15, -0.1) is 0 Å². The standard InChI is InChI=1S/C29H31N3O5/c1-21-27(20-31(17-18-34-2)28(33)22-9-8-12-26(19-22)36-4)29(32(30-21)23-10-6-5-7-11-23)37-25-15-13-24(35-3)14-16-25/h5-16,19H,17-18,20H2,1-4H3. The Morgan fingerprint density at radius 3 is 2.24 bits per heavy atom. The number of hydrogen-bond donors (Lipinski definition) is 0. The van der Waals surface area contributed by atoms with Crippen LogP contribution in [0.3, 0.4) is 0 Å². The third kappa shape index (κ3) is 6.10. The van der Waals surface area contributed by atoms with Gasteiger partial charge in [-0.2, -0.15) is 5.10 Å². The highest BCUT2D eigenvalue weighted by molar-refractivity contribution is 5.94. The Labute approximate surface area is 217 Å². The zero-order chi connectivity index (χ0) is 26.2. The van der Waals surface area contributed by atoms with Crippen LogP contribution in [0.2, 0.25) is 0 Å². The maximum atomic E-state index is 13.6. The van der Waals surface area contributed by atoms with Gasteiger partial charge in [-0.1, -0.05) is 24.3 Å². The van der Waals surface area contributed by atoms with E-state index in [-0.39, 0.29) is 12.5 Å². The lowest BCUT2D eigenvalue weighted by atomic mass is 10.1. The van der Waals surface area contributed by atoms with E-state index in [4.69, 9.17) is 24.0 Å². The molecule has 1 amide bonds. The van der Waals surface area contributed by atoms with E-state index in [2.05, 4.69) is 0 Å². The second-order valence-electron chi connectivity index (χ2n) is 8.35. The van der Waals surface area contributed by atoms with Gasteiger partial charge in [0.2, 0.25) is 5.88 Å². The Kier molecular flexibility index (Phi) is 8.43. The maximum Gasteiger partial charge on any atom is 0.254 e. The number of aromatic nitrogens is 2. The maximum absolute atomic E-state index is 13.6. The normalized spacial score (nSPS) is 10.7. The SMILES string of the molecule is COCCN(Cc1c(C)nn(-c2ccccc2)c1Oc1ccc(OC)cc1)C(=O)c1cccc(OC)c1. The molecule has 0 saturated heterocycles. The summed E-state index contributed by atoms with van der Waals surface area (Å²) in [5.41, 5.74) is 2.93. The minimum Gasteiger partial charge on any atom is -0.497 e. The van der Waals surface area contributed by atoms with Crippen LogP contribution in [0.5, 0.6) is 23.1 Å².